The molecule has 2 heterocycles. The lowest BCUT2D eigenvalue weighted by molar-refractivity contribution is 0.232. The smallest absolute Gasteiger partial charge is 0.0534 e. The summed E-state index contributed by atoms with van der Waals surface area (Å²) in [4.78, 5) is 5.11. The third-order valence-corrected chi connectivity index (χ3v) is 4.07. The van der Waals surface area contributed by atoms with E-state index >= 15 is 0 Å². The van der Waals surface area contributed by atoms with Crippen LogP contribution in [-0.2, 0) is 13.1 Å². The average molecular weight is 279 g/mol. The maximum Gasteiger partial charge on any atom is 0.0534 e. The molecule has 0 aromatic carbocycles. The van der Waals surface area contributed by atoms with Gasteiger partial charge in [0.15, 0.2) is 0 Å². The molecule has 1 atom stereocenters. The number of hydrogen-bond acceptors (Lipinski definition) is 4. The predicted octanol–water partition coefficient (Wildman–Crippen LogP) is 1.01. The molecule has 2 rings (SSSR count). The van der Waals surface area contributed by atoms with E-state index in [2.05, 4.69) is 34.9 Å². The second kappa shape index (κ2) is 7.76. The van der Waals surface area contributed by atoms with Crippen LogP contribution in [-0.4, -0.2) is 58.8 Å². The summed E-state index contributed by atoms with van der Waals surface area (Å²) in [6.07, 6.45) is 5.42. The molecule has 1 saturated heterocycles. The molecular weight excluding hydrogens is 250 g/mol. The summed E-state index contributed by atoms with van der Waals surface area (Å²) in [5.41, 5.74) is 7.06. The minimum Gasteiger partial charge on any atom is -0.330 e. The van der Waals surface area contributed by atoms with Gasteiger partial charge in [0.05, 0.1) is 6.20 Å². The van der Waals surface area contributed by atoms with Gasteiger partial charge in [-0.1, -0.05) is 6.92 Å². The number of rotatable bonds is 6. The second-order valence-corrected chi connectivity index (χ2v) is 5.98. The summed E-state index contributed by atoms with van der Waals surface area (Å²) >= 11 is 0. The van der Waals surface area contributed by atoms with Crippen molar-refractivity contribution in [2.24, 2.45) is 11.7 Å². The quantitative estimate of drug-likeness (QED) is 0.844. The SMILES string of the molecule is CCn1cc(CN2CCCN(CC(C)CN)CC2)cn1. The van der Waals surface area contributed by atoms with Crippen molar-refractivity contribution in [1.29, 1.82) is 0 Å². The Morgan fingerprint density at radius 3 is 2.70 bits per heavy atom. The second-order valence-electron chi connectivity index (χ2n) is 5.98. The van der Waals surface area contributed by atoms with Gasteiger partial charge >= 0.3 is 0 Å². The third kappa shape index (κ3) is 4.58. The largest absolute Gasteiger partial charge is 0.330 e. The summed E-state index contributed by atoms with van der Waals surface area (Å²) in [5, 5.41) is 4.35. The van der Waals surface area contributed by atoms with Gasteiger partial charge in [0.1, 0.15) is 0 Å². The molecule has 0 spiro atoms. The van der Waals surface area contributed by atoms with E-state index in [1.807, 2.05) is 10.9 Å². The van der Waals surface area contributed by atoms with Crippen molar-refractivity contribution in [3.05, 3.63) is 18.0 Å². The van der Waals surface area contributed by atoms with E-state index in [-0.39, 0.29) is 0 Å². The fourth-order valence-corrected chi connectivity index (χ4v) is 2.80. The summed E-state index contributed by atoms with van der Waals surface area (Å²) in [6.45, 7) is 13.0. The molecule has 0 radical (unpaired) electrons. The highest BCUT2D eigenvalue weighted by Gasteiger charge is 2.16. The van der Waals surface area contributed by atoms with Gasteiger partial charge in [0.2, 0.25) is 0 Å². The number of hydrogen-bond donors (Lipinski definition) is 1. The third-order valence-electron chi connectivity index (χ3n) is 4.07. The van der Waals surface area contributed by atoms with Gasteiger partial charge in [0, 0.05) is 44.5 Å². The highest BCUT2D eigenvalue weighted by atomic mass is 15.3. The molecule has 1 fully saturated rings. The molecule has 0 saturated carbocycles. The van der Waals surface area contributed by atoms with E-state index in [0.717, 1.165) is 39.3 Å². The van der Waals surface area contributed by atoms with E-state index in [1.54, 1.807) is 0 Å². The van der Waals surface area contributed by atoms with Crippen LogP contribution in [0.15, 0.2) is 12.4 Å². The van der Waals surface area contributed by atoms with Crippen molar-refractivity contribution in [2.75, 3.05) is 39.3 Å². The lowest BCUT2D eigenvalue weighted by Crippen LogP contribution is -2.35. The number of nitrogens with zero attached hydrogens (tertiary/aromatic N) is 4. The summed E-state index contributed by atoms with van der Waals surface area (Å²) in [5.74, 6) is 0.601. The van der Waals surface area contributed by atoms with Gasteiger partial charge in [-0.05, 0) is 38.9 Å². The van der Waals surface area contributed by atoms with Gasteiger partial charge < -0.3 is 10.6 Å². The lowest BCUT2D eigenvalue weighted by Gasteiger charge is -2.23. The zero-order valence-corrected chi connectivity index (χ0v) is 13.0. The molecule has 1 aliphatic rings. The molecule has 0 aliphatic carbocycles. The Morgan fingerprint density at radius 2 is 2.00 bits per heavy atom. The Morgan fingerprint density at radius 1 is 1.25 bits per heavy atom. The van der Waals surface area contributed by atoms with Gasteiger partial charge in [-0.3, -0.25) is 9.58 Å². The van der Waals surface area contributed by atoms with Gasteiger partial charge in [-0.25, -0.2) is 0 Å². The maximum absolute atomic E-state index is 5.73. The maximum atomic E-state index is 5.73. The first-order valence-corrected chi connectivity index (χ1v) is 7.87. The van der Waals surface area contributed by atoms with Crippen LogP contribution < -0.4 is 5.73 Å². The first kappa shape index (κ1) is 15.5. The Kier molecular flexibility index (Phi) is 6.01. The van der Waals surface area contributed by atoms with Crippen LogP contribution in [0.2, 0.25) is 0 Å². The molecule has 1 aliphatic heterocycles. The van der Waals surface area contributed by atoms with Crippen molar-refractivity contribution >= 4 is 0 Å². The fraction of sp³-hybridized carbons (Fsp3) is 0.800. The number of aryl methyl sites for hydroxylation is 1. The van der Waals surface area contributed by atoms with E-state index in [0.29, 0.717) is 5.92 Å². The number of nitrogens with two attached hydrogens (primary N) is 1. The fourth-order valence-electron chi connectivity index (χ4n) is 2.80. The molecule has 5 nitrogen and oxygen atoms in total. The Labute approximate surface area is 122 Å². The zero-order chi connectivity index (χ0) is 14.4. The van der Waals surface area contributed by atoms with Crippen LogP contribution in [0, 0.1) is 5.92 Å². The topological polar surface area (TPSA) is 50.3 Å². The highest BCUT2D eigenvalue weighted by molar-refractivity contribution is 5.03. The lowest BCUT2D eigenvalue weighted by atomic mass is 10.1. The molecule has 1 aromatic heterocycles. The summed E-state index contributed by atoms with van der Waals surface area (Å²) < 4.78 is 2.00. The van der Waals surface area contributed by atoms with Gasteiger partial charge in [-0.2, -0.15) is 5.10 Å². The van der Waals surface area contributed by atoms with Gasteiger partial charge in [0.25, 0.3) is 0 Å². The van der Waals surface area contributed by atoms with Crippen molar-refractivity contribution in [3.8, 4) is 0 Å². The molecule has 1 unspecified atom stereocenters. The normalized spacial score (nSPS) is 19.9. The van der Waals surface area contributed by atoms with Crippen LogP contribution in [0.3, 0.4) is 0 Å². The first-order valence-electron chi connectivity index (χ1n) is 7.87. The number of aromatic nitrogens is 2. The van der Waals surface area contributed by atoms with Crippen LogP contribution in [0.5, 0.6) is 0 Å². The molecule has 0 amide bonds. The molecule has 114 valence electrons. The zero-order valence-electron chi connectivity index (χ0n) is 13.0. The molecule has 20 heavy (non-hydrogen) atoms. The van der Waals surface area contributed by atoms with Crippen LogP contribution in [0.1, 0.15) is 25.8 Å². The molecule has 2 N–H and O–H groups in total. The highest BCUT2D eigenvalue weighted by Crippen LogP contribution is 2.10. The Bertz CT molecular complexity index is 389. The minimum absolute atomic E-state index is 0.601. The van der Waals surface area contributed by atoms with E-state index in [9.17, 15) is 0 Å². The molecule has 1 aromatic rings. The molecular formula is C15H29N5. The minimum atomic E-state index is 0.601. The van der Waals surface area contributed by atoms with Crippen LogP contribution in [0.4, 0.5) is 0 Å². The Hall–Kier alpha value is -0.910. The van der Waals surface area contributed by atoms with Crippen molar-refractivity contribution in [1.82, 2.24) is 19.6 Å². The summed E-state index contributed by atoms with van der Waals surface area (Å²) in [7, 11) is 0. The van der Waals surface area contributed by atoms with Gasteiger partial charge in [-0.15, -0.1) is 0 Å². The summed E-state index contributed by atoms with van der Waals surface area (Å²) in [6, 6.07) is 0. The first-order chi connectivity index (χ1) is 9.71. The van der Waals surface area contributed by atoms with E-state index in [1.165, 1.54) is 25.1 Å². The average Bonchev–Trinajstić information content (AvgIpc) is 2.80. The van der Waals surface area contributed by atoms with E-state index < -0.39 is 0 Å². The van der Waals surface area contributed by atoms with Crippen LogP contribution >= 0.6 is 0 Å². The monoisotopic (exact) mass is 279 g/mol. The van der Waals surface area contributed by atoms with Crippen molar-refractivity contribution < 1.29 is 0 Å². The van der Waals surface area contributed by atoms with E-state index in [4.69, 9.17) is 5.73 Å². The van der Waals surface area contributed by atoms with Crippen molar-refractivity contribution in [3.63, 3.8) is 0 Å². The van der Waals surface area contributed by atoms with Crippen LogP contribution in [0.25, 0.3) is 0 Å². The van der Waals surface area contributed by atoms with Crippen molar-refractivity contribution in [2.45, 2.75) is 33.4 Å². The molecule has 0 bridgehead atoms. The standard InChI is InChI=1S/C15H29N5/c1-3-20-13-15(10-17-20)12-19-6-4-5-18(7-8-19)11-14(2)9-16/h10,13-14H,3-9,11-12,16H2,1-2H3. The Balaban J connectivity index is 1.80. The molecule has 5 heteroatoms. The predicted molar refractivity (Wildman–Crippen MR) is 82.5 cm³/mol.